The number of rotatable bonds is 8. The lowest BCUT2D eigenvalue weighted by molar-refractivity contribution is -0.121. The minimum Gasteiger partial charge on any atom is -0.452 e. The van der Waals surface area contributed by atoms with Gasteiger partial charge in [0.05, 0.1) is 26.0 Å². The third-order valence-corrected chi connectivity index (χ3v) is 6.29. The molecule has 0 fully saturated rings. The Morgan fingerprint density at radius 1 is 1.00 bits per heavy atom. The van der Waals surface area contributed by atoms with Crippen molar-refractivity contribution in [2.45, 2.75) is 6.42 Å². The highest BCUT2D eigenvalue weighted by Gasteiger charge is 2.21. The number of para-hydroxylation sites is 2. The first-order chi connectivity index (χ1) is 16.4. The summed E-state index contributed by atoms with van der Waals surface area (Å²) in [5.74, 6) is -1.65. The van der Waals surface area contributed by atoms with Gasteiger partial charge in [0.1, 0.15) is 0 Å². The number of hydrogen-bond acceptors (Lipinski definition) is 6. The van der Waals surface area contributed by atoms with Crippen LogP contribution in [-0.2, 0) is 14.3 Å². The number of hydrogen-bond donors (Lipinski definition) is 1. The first-order valence-corrected chi connectivity index (χ1v) is 11.6. The third kappa shape index (κ3) is 5.41. The molecule has 0 aliphatic rings. The molecule has 0 atom stereocenters. The Kier molecular flexibility index (Phi) is 7.20. The molecule has 2 aromatic carbocycles. The number of carbonyl (C=O) groups is 3. The molecule has 0 unspecified atom stereocenters. The number of thiophene rings is 1. The molecule has 0 radical (unpaired) electrons. The number of amides is 2. The molecule has 2 N–H and O–H groups in total. The Balaban J connectivity index is 1.57. The molecule has 0 aliphatic carbocycles. The molecule has 2 aromatic heterocycles. The molecule has 2 heterocycles. The van der Waals surface area contributed by atoms with Crippen LogP contribution in [0.2, 0.25) is 4.34 Å². The van der Waals surface area contributed by atoms with E-state index >= 15 is 0 Å². The average molecular weight is 494 g/mol. The Morgan fingerprint density at radius 3 is 2.44 bits per heavy atom. The number of pyridine rings is 1. The Hall–Kier alpha value is -3.75. The van der Waals surface area contributed by atoms with Crippen LogP contribution in [0, 0.1) is 0 Å². The number of aromatic nitrogens is 1. The predicted molar refractivity (Wildman–Crippen MR) is 133 cm³/mol. The topological polar surface area (TPSA) is 103 Å². The Labute approximate surface area is 204 Å². The van der Waals surface area contributed by atoms with Gasteiger partial charge in [0.15, 0.2) is 6.61 Å². The molecule has 4 rings (SSSR count). The van der Waals surface area contributed by atoms with Gasteiger partial charge in [0, 0.05) is 24.0 Å². The van der Waals surface area contributed by atoms with E-state index in [1.54, 1.807) is 54.6 Å². The van der Waals surface area contributed by atoms with Gasteiger partial charge < -0.3 is 15.4 Å². The van der Waals surface area contributed by atoms with E-state index < -0.39 is 24.4 Å². The van der Waals surface area contributed by atoms with Crippen LogP contribution in [0.4, 0.5) is 5.69 Å². The zero-order chi connectivity index (χ0) is 24.1. The summed E-state index contributed by atoms with van der Waals surface area (Å²) in [5.41, 5.74) is 7.34. The molecule has 0 spiro atoms. The number of benzene rings is 2. The van der Waals surface area contributed by atoms with Crippen molar-refractivity contribution < 1.29 is 19.1 Å². The quantitative estimate of drug-likeness (QED) is 0.359. The summed E-state index contributed by atoms with van der Waals surface area (Å²) in [6, 6.07) is 21.3. The molecule has 0 saturated heterocycles. The van der Waals surface area contributed by atoms with E-state index in [9.17, 15) is 14.4 Å². The van der Waals surface area contributed by atoms with Crippen LogP contribution >= 0.6 is 22.9 Å². The normalized spacial score (nSPS) is 10.7. The number of primary amides is 1. The van der Waals surface area contributed by atoms with Crippen molar-refractivity contribution in [3.8, 4) is 10.6 Å². The van der Waals surface area contributed by atoms with Gasteiger partial charge in [0.2, 0.25) is 5.91 Å². The second-order valence-corrected chi connectivity index (χ2v) is 9.06. The van der Waals surface area contributed by atoms with Gasteiger partial charge >= 0.3 is 5.97 Å². The molecule has 0 saturated carbocycles. The minimum absolute atomic E-state index is 0.0176. The molecule has 4 aromatic rings. The highest BCUT2D eigenvalue weighted by Crippen LogP contribution is 2.32. The summed E-state index contributed by atoms with van der Waals surface area (Å²) in [4.78, 5) is 44.1. The van der Waals surface area contributed by atoms with Crippen molar-refractivity contribution in [1.82, 2.24) is 4.98 Å². The van der Waals surface area contributed by atoms with E-state index in [0.717, 1.165) is 4.88 Å². The monoisotopic (exact) mass is 493 g/mol. The maximum absolute atomic E-state index is 13.1. The number of anilines is 1. The SMILES string of the molecule is NC(=O)CCN(C(=O)COC(=O)c1cc(-c2ccc(Cl)s2)nc2ccccc12)c1ccccc1. The van der Waals surface area contributed by atoms with Crippen LogP contribution in [-0.4, -0.2) is 35.9 Å². The average Bonchev–Trinajstić information content (AvgIpc) is 3.28. The summed E-state index contributed by atoms with van der Waals surface area (Å²) in [6.07, 6.45) is -0.0176. The Bertz CT molecular complexity index is 1360. The van der Waals surface area contributed by atoms with E-state index in [1.807, 2.05) is 18.2 Å². The van der Waals surface area contributed by atoms with Crippen LogP contribution in [0.15, 0.2) is 72.8 Å². The number of carbonyl (C=O) groups excluding carboxylic acids is 3. The fourth-order valence-corrected chi connectivity index (χ4v) is 4.44. The van der Waals surface area contributed by atoms with Gasteiger partial charge in [0.25, 0.3) is 5.91 Å². The summed E-state index contributed by atoms with van der Waals surface area (Å²) in [7, 11) is 0. The second kappa shape index (κ2) is 10.5. The van der Waals surface area contributed by atoms with Gasteiger partial charge in [-0.2, -0.15) is 0 Å². The highest BCUT2D eigenvalue weighted by molar-refractivity contribution is 7.19. The second-order valence-electron chi connectivity index (χ2n) is 7.35. The summed E-state index contributed by atoms with van der Waals surface area (Å²) < 4.78 is 6.01. The first kappa shape index (κ1) is 23.4. The van der Waals surface area contributed by atoms with Gasteiger partial charge in [-0.05, 0) is 36.4 Å². The predicted octanol–water partition coefficient (Wildman–Crippen LogP) is 4.68. The maximum Gasteiger partial charge on any atom is 0.339 e. The van der Waals surface area contributed by atoms with Gasteiger partial charge in [-0.1, -0.05) is 48.0 Å². The number of nitrogens with two attached hydrogens (primary N) is 1. The van der Waals surface area contributed by atoms with Crippen LogP contribution in [0.5, 0.6) is 0 Å². The van der Waals surface area contributed by atoms with E-state index in [0.29, 0.717) is 32.2 Å². The lowest BCUT2D eigenvalue weighted by atomic mass is 10.1. The summed E-state index contributed by atoms with van der Waals surface area (Å²) in [6.45, 7) is -0.416. The van der Waals surface area contributed by atoms with Gasteiger partial charge in [-0.15, -0.1) is 11.3 Å². The summed E-state index contributed by atoms with van der Waals surface area (Å²) >= 11 is 7.42. The van der Waals surface area contributed by atoms with Crippen LogP contribution in [0.3, 0.4) is 0 Å². The molecular formula is C25H20ClN3O4S. The van der Waals surface area contributed by atoms with E-state index in [1.165, 1.54) is 16.2 Å². The summed E-state index contributed by atoms with van der Waals surface area (Å²) in [5, 5.41) is 0.611. The third-order valence-electron chi connectivity index (χ3n) is 5.04. The molecular weight excluding hydrogens is 474 g/mol. The minimum atomic E-state index is -0.654. The van der Waals surface area contributed by atoms with Crippen molar-refractivity contribution in [3.63, 3.8) is 0 Å². The zero-order valence-corrected chi connectivity index (χ0v) is 19.5. The maximum atomic E-state index is 13.1. The van der Waals surface area contributed by atoms with Crippen LogP contribution in [0.25, 0.3) is 21.5 Å². The number of fused-ring (bicyclic) bond motifs is 1. The lowest BCUT2D eigenvalue weighted by Gasteiger charge is -2.22. The van der Waals surface area contributed by atoms with Gasteiger partial charge in [-0.3, -0.25) is 9.59 Å². The molecule has 0 bridgehead atoms. The first-order valence-electron chi connectivity index (χ1n) is 10.4. The standard InChI is InChI=1S/C25H20ClN3O4S/c26-22-11-10-21(34-22)20-14-18(17-8-4-5-9-19(17)28-20)25(32)33-15-24(31)29(13-12-23(27)30)16-6-2-1-3-7-16/h1-11,14H,12-13,15H2,(H2,27,30). The van der Waals surface area contributed by atoms with Crippen LogP contribution in [0.1, 0.15) is 16.8 Å². The highest BCUT2D eigenvalue weighted by atomic mass is 35.5. The van der Waals surface area contributed by atoms with Crippen molar-refractivity contribution >= 4 is 57.3 Å². The molecule has 0 aliphatic heterocycles. The van der Waals surface area contributed by atoms with Crippen molar-refractivity contribution in [1.29, 1.82) is 0 Å². The largest absolute Gasteiger partial charge is 0.452 e. The Morgan fingerprint density at radius 2 is 1.74 bits per heavy atom. The fraction of sp³-hybridized carbons (Fsp3) is 0.120. The molecule has 9 heteroatoms. The fourth-order valence-electron chi connectivity index (χ4n) is 3.43. The zero-order valence-electron chi connectivity index (χ0n) is 17.9. The number of esters is 1. The molecule has 172 valence electrons. The lowest BCUT2D eigenvalue weighted by Crippen LogP contribution is -2.37. The van der Waals surface area contributed by atoms with Crippen molar-refractivity contribution in [2.24, 2.45) is 5.73 Å². The van der Waals surface area contributed by atoms with Crippen molar-refractivity contribution in [2.75, 3.05) is 18.1 Å². The number of halogens is 1. The molecule has 7 nitrogen and oxygen atoms in total. The molecule has 34 heavy (non-hydrogen) atoms. The van der Waals surface area contributed by atoms with Gasteiger partial charge in [-0.25, -0.2) is 9.78 Å². The van der Waals surface area contributed by atoms with Crippen molar-refractivity contribution in [3.05, 3.63) is 82.7 Å². The van der Waals surface area contributed by atoms with E-state index in [2.05, 4.69) is 4.98 Å². The number of ether oxygens (including phenoxy) is 1. The van der Waals surface area contributed by atoms with Crippen LogP contribution < -0.4 is 10.6 Å². The van der Waals surface area contributed by atoms with E-state index in [4.69, 9.17) is 22.1 Å². The molecule has 2 amide bonds. The smallest absolute Gasteiger partial charge is 0.339 e. The van der Waals surface area contributed by atoms with E-state index in [-0.39, 0.29) is 13.0 Å². The number of nitrogens with zero attached hydrogens (tertiary/aromatic N) is 2.